The maximum absolute atomic E-state index is 11.8. The SMILES string of the molecule is Cc1cscc1CNC(=O)NC1(C(=O)O)CCCC1. The molecule has 19 heavy (non-hydrogen) atoms. The number of aryl methyl sites for hydroxylation is 1. The number of carboxylic acid groups (broad SMARTS) is 1. The van der Waals surface area contributed by atoms with Crippen LogP contribution in [0.5, 0.6) is 0 Å². The van der Waals surface area contributed by atoms with Gasteiger partial charge >= 0.3 is 12.0 Å². The molecular formula is C13H18N2O3S. The second-order valence-electron chi connectivity index (χ2n) is 4.98. The van der Waals surface area contributed by atoms with Gasteiger partial charge in [0.15, 0.2) is 0 Å². The second-order valence-corrected chi connectivity index (χ2v) is 5.73. The van der Waals surface area contributed by atoms with E-state index in [1.165, 1.54) is 0 Å². The lowest BCUT2D eigenvalue weighted by Gasteiger charge is -2.25. The Hall–Kier alpha value is -1.56. The molecule has 5 nitrogen and oxygen atoms in total. The van der Waals surface area contributed by atoms with Crippen LogP contribution in [-0.4, -0.2) is 22.6 Å². The number of nitrogens with one attached hydrogen (secondary N) is 2. The van der Waals surface area contributed by atoms with Crippen LogP contribution in [0, 0.1) is 6.92 Å². The van der Waals surface area contributed by atoms with Crippen molar-refractivity contribution in [3.8, 4) is 0 Å². The van der Waals surface area contributed by atoms with E-state index in [9.17, 15) is 14.7 Å². The highest BCUT2D eigenvalue weighted by Crippen LogP contribution is 2.29. The number of carbonyl (C=O) groups excluding carboxylic acids is 1. The fraction of sp³-hybridized carbons (Fsp3) is 0.538. The van der Waals surface area contributed by atoms with Gasteiger partial charge in [0.2, 0.25) is 0 Å². The van der Waals surface area contributed by atoms with Crippen LogP contribution in [-0.2, 0) is 11.3 Å². The van der Waals surface area contributed by atoms with Gasteiger partial charge in [-0.05, 0) is 41.7 Å². The van der Waals surface area contributed by atoms with Crippen LogP contribution in [0.25, 0.3) is 0 Å². The molecule has 2 amide bonds. The van der Waals surface area contributed by atoms with E-state index in [1.807, 2.05) is 17.7 Å². The van der Waals surface area contributed by atoms with Crippen LogP contribution < -0.4 is 10.6 Å². The molecule has 0 saturated heterocycles. The molecule has 0 atom stereocenters. The van der Waals surface area contributed by atoms with E-state index in [-0.39, 0.29) is 0 Å². The summed E-state index contributed by atoms with van der Waals surface area (Å²) < 4.78 is 0. The molecule has 0 radical (unpaired) electrons. The van der Waals surface area contributed by atoms with Gasteiger partial charge in [-0.2, -0.15) is 11.3 Å². The maximum Gasteiger partial charge on any atom is 0.329 e. The summed E-state index contributed by atoms with van der Waals surface area (Å²) in [4.78, 5) is 23.1. The first kappa shape index (κ1) is 13.9. The Kier molecular flexibility index (Phi) is 4.09. The molecule has 1 aliphatic rings. The highest BCUT2D eigenvalue weighted by molar-refractivity contribution is 7.08. The van der Waals surface area contributed by atoms with Crippen LogP contribution in [0.1, 0.15) is 36.8 Å². The van der Waals surface area contributed by atoms with Crippen LogP contribution in [0.4, 0.5) is 4.79 Å². The molecular weight excluding hydrogens is 264 g/mol. The second kappa shape index (κ2) is 5.61. The quantitative estimate of drug-likeness (QED) is 0.792. The van der Waals surface area contributed by atoms with Crippen molar-refractivity contribution < 1.29 is 14.7 Å². The summed E-state index contributed by atoms with van der Waals surface area (Å²) in [5.74, 6) is -0.938. The summed E-state index contributed by atoms with van der Waals surface area (Å²) >= 11 is 1.59. The first-order chi connectivity index (χ1) is 9.03. The molecule has 1 fully saturated rings. The monoisotopic (exact) mass is 282 g/mol. The first-order valence-electron chi connectivity index (χ1n) is 6.34. The lowest BCUT2D eigenvalue weighted by molar-refractivity contribution is -0.144. The van der Waals surface area contributed by atoms with Gasteiger partial charge in [-0.3, -0.25) is 0 Å². The van der Waals surface area contributed by atoms with Crippen molar-refractivity contribution in [1.29, 1.82) is 0 Å². The van der Waals surface area contributed by atoms with E-state index >= 15 is 0 Å². The average Bonchev–Trinajstić information content (AvgIpc) is 2.97. The molecule has 1 saturated carbocycles. The number of carbonyl (C=O) groups is 2. The Morgan fingerprint density at radius 1 is 1.37 bits per heavy atom. The van der Waals surface area contributed by atoms with E-state index in [1.54, 1.807) is 11.3 Å². The van der Waals surface area contributed by atoms with Crippen LogP contribution in [0.3, 0.4) is 0 Å². The molecule has 1 aromatic heterocycles. The van der Waals surface area contributed by atoms with Gasteiger partial charge in [-0.25, -0.2) is 9.59 Å². The number of carboxylic acids is 1. The fourth-order valence-corrected chi connectivity index (χ4v) is 3.23. The predicted octanol–water partition coefficient (Wildman–Crippen LogP) is 2.25. The molecule has 0 aromatic carbocycles. The van der Waals surface area contributed by atoms with Crippen molar-refractivity contribution in [2.75, 3.05) is 0 Å². The zero-order valence-corrected chi connectivity index (χ0v) is 11.7. The van der Waals surface area contributed by atoms with E-state index in [4.69, 9.17) is 0 Å². The molecule has 104 valence electrons. The maximum atomic E-state index is 11.8. The van der Waals surface area contributed by atoms with E-state index in [2.05, 4.69) is 10.6 Å². The number of urea groups is 1. The number of thiophene rings is 1. The van der Waals surface area contributed by atoms with Crippen molar-refractivity contribution in [3.63, 3.8) is 0 Å². The van der Waals surface area contributed by atoms with Crippen molar-refractivity contribution in [3.05, 3.63) is 21.9 Å². The Morgan fingerprint density at radius 3 is 2.58 bits per heavy atom. The summed E-state index contributed by atoms with van der Waals surface area (Å²) in [6, 6.07) is -0.407. The molecule has 2 rings (SSSR count). The minimum absolute atomic E-state index is 0.407. The van der Waals surface area contributed by atoms with Crippen molar-refractivity contribution >= 4 is 23.3 Å². The highest BCUT2D eigenvalue weighted by atomic mass is 32.1. The van der Waals surface area contributed by atoms with Gasteiger partial charge in [-0.1, -0.05) is 12.8 Å². The molecule has 6 heteroatoms. The largest absolute Gasteiger partial charge is 0.480 e. The van der Waals surface area contributed by atoms with Gasteiger partial charge in [0.1, 0.15) is 5.54 Å². The van der Waals surface area contributed by atoms with Crippen LogP contribution >= 0.6 is 11.3 Å². The van der Waals surface area contributed by atoms with Crippen molar-refractivity contribution in [1.82, 2.24) is 10.6 Å². The third kappa shape index (κ3) is 3.07. The average molecular weight is 282 g/mol. The summed E-state index contributed by atoms with van der Waals surface area (Å²) in [5.41, 5.74) is 1.13. The Bertz CT molecular complexity index is 478. The summed E-state index contributed by atoms with van der Waals surface area (Å²) in [5, 5.41) is 18.6. The minimum atomic E-state index is -1.08. The van der Waals surface area contributed by atoms with Gasteiger partial charge in [-0.15, -0.1) is 0 Å². The lowest BCUT2D eigenvalue weighted by Crippen LogP contribution is -2.55. The number of rotatable bonds is 4. The highest BCUT2D eigenvalue weighted by Gasteiger charge is 2.42. The number of hydrogen-bond acceptors (Lipinski definition) is 3. The summed E-state index contributed by atoms with van der Waals surface area (Å²) in [6.07, 6.45) is 2.70. The molecule has 1 heterocycles. The Morgan fingerprint density at radius 2 is 2.05 bits per heavy atom. The smallest absolute Gasteiger partial charge is 0.329 e. The van der Waals surface area contributed by atoms with Crippen molar-refractivity contribution in [2.45, 2.75) is 44.7 Å². The predicted molar refractivity (Wildman–Crippen MR) is 73.3 cm³/mol. The van der Waals surface area contributed by atoms with Gasteiger partial charge in [0, 0.05) is 6.54 Å². The normalized spacial score (nSPS) is 17.1. The number of amides is 2. The Balaban J connectivity index is 1.90. The molecule has 0 unspecified atom stereocenters. The molecule has 3 N–H and O–H groups in total. The van der Waals surface area contributed by atoms with Crippen LogP contribution in [0.2, 0.25) is 0 Å². The topological polar surface area (TPSA) is 78.4 Å². The standard InChI is InChI=1S/C13H18N2O3S/c1-9-7-19-8-10(9)6-14-12(18)15-13(11(16)17)4-2-3-5-13/h7-8H,2-6H2,1H3,(H,16,17)(H2,14,15,18). The summed E-state index contributed by atoms with van der Waals surface area (Å²) in [7, 11) is 0. The van der Waals surface area contributed by atoms with Gasteiger partial charge < -0.3 is 15.7 Å². The van der Waals surface area contributed by atoms with E-state index in [0.29, 0.717) is 19.4 Å². The zero-order valence-electron chi connectivity index (χ0n) is 10.9. The molecule has 1 aromatic rings. The lowest BCUT2D eigenvalue weighted by atomic mass is 9.98. The molecule has 0 aliphatic heterocycles. The van der Waals surface area contributed by atoms with Crippen molar-refractivity contribution in [2.24, 2.45) is 0 Å². The fourth-order valence-electron chi connectivity index (χ4n) is 2.38. The molecule has 1 aliphatic carbocycles. The van der Waals surface area contributed by atoms with Crippen LogP contribution in [0.15, 0.2) is 10.8 Å². The van der Waals surface area contributed by atoms with Gasteiger partial charge in [0.05, 0.1) is 0 Å². The number of hydrogen-bond donors (Lipinski definition) is 3. The minimum Gasteiger partial charge on any atom is -0.480 e. The summed E-state index contributed by atoms with van der Waals surface area (Å²) in [6.45, 7) is 2.41. The van der Waals surface area contributed by atoms with Gasteiger partial charge in [0.25, 0.3) is 0 Å². The van der Waals surface area contributed by atoms with E-state index in [0.717, 1.165) is 24.0 Å². The number of aliphatic carboxylic acids is 1. The third-order valence-electron chi connectivity index (χ3n) is 3.62. The Labute approximate surface area is 116 Å². The zero-order chi connectivity index (χ0) is 13.9. The molecule has 0 bridgehead atoms. The first-order valence-corrected chi connectivity index (χ1v) is 7.29. The third-order valence-corrected chi connectivity index (χ3v) is 4.53. The van der Waals surface area contributed by atoms with E-state index < -0.39 is 17.5 Å². The molecule has 0 spiro atoms.